The van der Waals surface area contributed by atoms with Crippen molar-refractivity contribution < 1.29 is 9.90 Å². The molecule has 0 spiro atoms. The average Bonchev–Trinajstić information content (AvgIpc) is 2.47. The summed E-state index contributed by atoms with van der Waals surface area (Å²) in [7, 11) is 0. The second-order valence-electron chi connectivity index (χ2n) is 7.18. The van der Waals surface area contributed by atoms with Crippen molar-refractivity contribution in [2.75, 3.05) is 0 Å². The lowest BCUT2D eigenvalue weighted by Gasteiger charge is -2.39. The number of rotatable bonds is 6. The molecule has 3 nitrogen and oxygen atoms in total. The Morgan fingerprint density at radius 3 is 2.55 bits per heavy atom. The maximum atomic E-state index is 11.7. The summed E-state index contributed by atoms with van der Waals surface area (Å²) in [4.78, 5) is 11.7. The summed E-state index contributed by atoms with van der Waals surface area (Å²) in [6.45, 7) is 6.78. The maximum absolute atomic E-state index is 11.7. The highest BCUT2D eigenvalue weighted by molar-refractivity contribution is 5.74. The van der Waals surface area contributed by atoms with Crippen LogP contribution in [-0.2, 0) is 11.2 Å². The molecule has 0 bridgehead atoms. The topological polar surface area (TPSA) is 49.3 Å². The van der Waals surface area contributed by atoms with Crippen molar-refractivity contribution in [3.05, 3.63) is 35.9 Å². The maximum Gasteiger partial charge on any atom is 0.321 e. The van der Waals surface area contributed by atoms with E-state index in [1.807, 2.05) is 30.3 Å². The van der Waals surface area contributed by atoms with Gasteiger partial charge in [-0.3, -0.25) is 4.79 Å². The summed E-state index contributed by atoms with van der Waals surface area (Å²) >= 11 is 0. The molecule has 4 atom stereocenters. The van der Waals surface area contributed by atoms with E-state index in [1.165, 1.54) is 12.8 Å². The van der Waals surface area contributed by atoms with Gasteiger partial charge in [0.25, 0.3) is 0 Å². The standard InChI is InChI=1S/C19H29NO2/c1-13(2)16-10-9-14(3)11-17(16)20-18(19(21)22)12-15-7-5-4-6-8-15/h4-8,13-14,16-18,20H,9-12H2,1-3H3,(H,21,22). The van der Waals surface area contributed by atoms with Gasteiger partial charge in [-0.25, -0.2) is 0 Å². The van der Waals surface area contributed by atoms with E-state index in [0.29, 0.717) is 30.2 Å². The van der Waals surface area contributed by atoms with Gasteiger partial charge in [-0.05, 0) is 42.6 Å². The molecule has 0 radical (unpaired) electrons. The third-order valence-corrected chi connectivity index (χ3v) is 5.02. The summed E-state index contributed by atoms with van der Waals surface area (Å²) in [5.41, 5.74) is 1.08. The van der Waals surface area contributed by atoms with Crippen LogP contribution >= 0.6 is 0 Å². The van der Waals surface area contributed by atoms with Gasteiger partial charge >= 0.3 is 5.97 Å². The smallest absolute Gasteiger partial charge is 0.321 e. The van der Waals surface area contributed by atoms with Crippen LogP contribution in [0, 0.1) is 17.8 Å². The van der Waals surface area contributed by atoms with E-state index in [2.05, 4.69) is 26.1 Å². The zero-order valence-corrected chi connectivity index (χ0v) is 14.0. The predicted octanol–water partition coefficient (Wildman–Crippen LogP) is 3.73. The first-order chi connectivity index (χ1) is 10.5. The molecule has 122 valence electrons. The van der Waals surface area contributed by atoms with E-state index < -0.39 is 12.0 Å². The van der Waals surface area contributed by atoms with E-state index in [4.69, 9.17) is 0 Å². The van der Waals surface area contributed by atoms with Crippen LogP contribution in [0.5, 0.6) is 0 Å². The van der Waals surface area contributed by atoms with Crippen LogP contribution < -0.4 is 5.32 Å². The fourth-order valence-corrected chi connectivity index (χ4v) is 3.72. The number of nitrogens with one attached hydrogen (secondary N) is 1. The summed E-state index contributed by atoms with van der Waals surface area (Å²) in [5.74, 6) is 1.10. The zero-order chi connectivity index (χ0) is 16.1. The molecule has 1 aromatic carbocycles. The van der Waals surface area contributed by atoms with E-state index in [-0.39, 0.29) is 0 Å². The van der Waals surface area contributed by atoms with Gasteiger partial charge in [0.2, 0.25) is 0 Å². The Hall–Kier alpha value is -1.35. The van der Waals surface area contributed by atoms with Crippen LogP contribution in [0.1, 0.15) is 45.6 Å². The highest BCUT2D eigenvalue weighted by atomic mass is 16.4. The van der Waals surface area contributed by atoms with Crippen LogP contribution in [0.25, 0.3) is 0 Å². The van der Waals surface area contributed by atoms with Crippen LogP contribution in [-0.4, -0.2) is 23.2 Å². The second kappa shape index (κ2) is 7.77. The molecule has 0 aliphatic heterocycles. The molecule has 22 heavy (non-hydrogen) atoms. The van der Waals surface area contributed by atoms with Crippen molar-refractivity contribution >= 4 is 5.97 Å². The number of hydrogen-bond donors (Lipinski definition) is 2. The zero-order valence-electron chi connectivity index (χ0n) is 14.0. The molecule has 0 amide bonds. The fraction of sp³-hybridized carbons (Fsp3) is 0.632. The van der Waals surface area contributed by atoms with Crippen LogP contribution in [0.2, 0.25) is 0 Å². The van der Waals surface area contributed by atoms with E-state index in [1.54, 1.807) is 0 Å². The molecule has 3 heteroatoms. The van der Waals surface area contributed by atoms with E-state index in [9.17, 15) is 9.90 Å². The minimum absolute atomic E-state index is 0.313. The summed E-state index contributed by atoms with van der Waals surface area (Å²) in [5, 5.41) is 13.1. The van der Waals surface area contributed by atoms with Crippen LogP contribution in [0.4, 0.5) is 0 Å². The molecule has 0 aromatic heterocycles. The number of carbonyl (C=O) groups is 1. The number of benzene rings is 1. The number of hydrogen-bond acceptors (Lipinski definition) is 2. The molecule has 1 saturated carbocycles. The first-order valence-electron chi connectivity index (χ1n) is 8.50. The van der Waals surface area contributed by atoms with Crippen molar-refractivity contribution in [3.8, 4) is 0 Å². The molecule has 1 aromatic rings. The minimum Gasteiger partial charge on any atom is -0.480 e. The molecular weight excluding hydrogens is 274 g/mol. The first-order valence-corrected chi connectivity index (χ1v) is 8.50. The fourth-order valence-electron chi connectivity index (χ4n) is 3.72. The van der Waals surface area contributed by atoms with E-state index in [0.717, 1.165) is 12.0 Å². The van der Waals surface area contributed by atoms with Gasteiger partial charge in [0.15, 0.2) is 0 Å². The third-order valence-electron chi connectivity index (χ3n) is 5.02. The SMILES string of the molecule is CC1CCC(C(C)C)C(NC(Cc2ccccc2)C(=O)O)C1. The molecule has 2 rings (SSSR count). The Morgan fingerprint density at radius 1 is 1.27 bits per heavy atom. The molecule has 0 saturated heterocycles. The van der Waals surface area contributed by atoms with Crippen LogP contribution in [0.15, 0.2) is 30.3 Å². The quantitative estimate of drug-likeness (QED) is 0.842. The average molecular weight is 303 g/mol. The monoisotopic (exact) mass is 303 g/mol. The number of carboxylic acids is 1. The summed E-state index contributed by atoms with van der Waals surface area (Å²) in [6, 6.07) is 9.71. The minimum atomic E-state index is -0.746. The molecule has 2 N–H and O–H groups in total. The first kappa shape index (κ1) is 17.0. The van der Waals surface area contributed by atoms with E-state index >= 15 is 0 Å². The van der Waals surface area contributed by atoms with Crippen molar-refractivity contribution in [2.45, 2.75) is 58.5 Å². The Balaban J connectivity index is 2.06. The molecule has 4 unspecified atom stereocenters. The van der Waals surface area contributed by atoms with Gasteiger partial charge in [0.05, 0.1) is 0 Å². The Bertz CT molecular complexity index is 472. The highest BCUT2D eigenvalue weighted by Gasteiger charge is 2.33. The number of aliphatic carboxylic acids is 1. The van der Waals surface area contributed by atoms with Gasteiger partial charge in [0.1, 0.15) is 6.04 Å². The van der Waals surface area contributed by atoms with Crippen molar-refractivity contribution in [1.82, 2.24) is 5.32 Å². The van der Waals surface area contributed by atoms with Gasteiger partial charge in [-0.2, -0.15) is 0 Å². The van der Waals surface area contributed by atoms with Gasteiger partial charge in [-0.1, -0.05) is 57.5 Å². The lowest BCUT2D eigenvalue weighted by molar-refractivity contribution is -0.140. The van der Waals surface area contributed by atoms with Gasteiger partial charge < -0.3 is 10.4 Å². The molecule has 1 fully saturated rings. The lowest BCUT2D eigenvalue weighted by atomic mass is 9.73. The van der Waals surface area contributed by atoms with Crippen molar-refractivity contribution in [1.29, 1.82) is 0 Å². The largest absolute Gasteiger partial charge is 0.480 e. The number of carboxylic acid groups (broad SMARTS) is 1. The second-order valence-corrected chi connectivity index (χ2v) is 7.18. The Labute approximate surface area is 134 Å². The van der Waals surface area contributed by atoms with Crippen molar-refractivity contribution in [2.24, 2.45) is 17.8 Å². The molecule has 1 aliphatic rings. The summed E-state index contributed by atoms with van der Waals surface area (Å²) in [6.07, 6.45) is 4.10. The van der Waals surface area contributed by atoms with Gasteiger partial charge in [0, 0.05) is 6.04 Å². The summed E-state index contributed by atoms with van der Waals surface area (Å²) < 4.78 is 0. The normalized spacial score (nSPS) is 26.8. The van der Waals surface area contributed by atoms with Crippen molar-refractivity contribution in [3.63, 3.8) is 0 Å². The highest BCUT2D eigenvalue weighted by Crippen LogP contribution is 2.33. The van der Waals surface area contributed by atoms with Gasteiger partial charge in [-0.15, -0.1) is 0 Å². The molecule has 1 aliphatic carbocycles. The third kappa shape index (κ3) is 4.57. The molecular formula is C19H29NO2. The van der Waals surface area contributed by atoms with Crippen LogP contribution in [0.3, 0.4) is 0 Å². The predicted molar refractivity (Wildman–Crippen MR) is 89.8 cm³/mol. The molecule has 0 heterocycles. The Kier molecular flexibility index (Phi) is 6.01. The Morgan fingerprint density at radius 2 is 1.95 bits per heavy atom. The lowest BCUT2D eigenvalue weighted by Crippen LogP contribution is -2.51.